The number of aliphatic hydroxyl groups is 1. The fraction of sp³-hybridized carbons (Fsp3) is 0.538. The van der Waals surface area contributed by atoms with Gasteiger partial charge in [-0.15, -0.1) is 0 Å². The Hall–Kier alpha value is -1.31. The molecule has 0 spiro atoms. The molecule has 0 bridgehead atoms. The van der Waals surface area contributed by atoms with Gasteiger partial charge in [0.15, 0.2) is 0 Å². The van der Waals surface area contributed by atoms with Gasteiger partial charge >= 0.3 is 18.0 Å². The van der Waals surface area contributed by atoms with E-state index in [2.05, 4.69) is 0 Å². The Balaban J connectivity index is 3.17. The molecule has 1 atom stereocenters. The molecule has 1 aromatic carbocycles. The van der Waals surface area contributed by atoms with Crippen LogP contribution in [-0.2, 0) is 5.92 Å². The third kappa shape index (κ3) is 3.14. The quantitative estimate of drug-likeness (QED) is 0.800. The van der Waals surface area contributed by atoms with Gasteiger partial charge in [0.25, 0.3) is 0 Å². The molecule has 0 aromatic heterocycles. The average molecular weight is 318 g/mol. The highest BCUT2D eigenvalue weighted by Gasteiger charge is 2.73. The minimum Gasteiger partial charge on any atom is -0.388 e. The van der Waals surface area contributed by atoms with Gasteiger partial charge < -0.3 is 5.11 Å². The maximum absolute atomic E-state index is 13.4. The van der Waals surface area contributed by atoms with Crippen LogP contribution in [0, 0.1) is 5.92 Å². The van der Waals surface area contributed by atoms with Crippen LogP contribution in [0.3, 0.4) is 0 Å². The molecule has 0 aliphatic carbocycles. The molecule has 0 aliphatic heterocycles. The number of aliphatic hydroxyl groups excluding tert-OH is 1. The molecule has 1 unspecified atom stereocenters. The predicted molar refractivity (Wildman–Crippen MR) is 61.1 cm³/mol. The molecule has 0 aliphatic rings. The Kier molecular flexibility index (Phi) is 4.62. The molecule has 0 radical (unpaired) electrons. The minimum atomic E-state index is -6.37. The maximum atomic E-state index is 13.4. The van der Waals surface area contributed by atoms with Crippen molar-refractivity contribution in [2.75, 3.05) is 0 Å². The first kappa shape index (κ1) is 17.7. The molecule has 0 amide bonds. The van der Waals surface area contributed by atoms with E-state index in [1.165, 1.54) is 0 Å². The smallest absolute Gasteiger partial charge is 0.388 e. The van der Waals surface area contributed by atoms with E-state index in [9.17, 15) is 35.8 Å². The summed E-state index contributed by atoms with van der Waals surface area (Å²) in [6, 6.07) is 2.72. The van der Waals surface area contributed by atoms with E-state index in [4.69, 9.17) is 0 Å². The van der Waals surface area contributed by atoms with Gasteiger partial charge in [-0.05, 0) is 11.5 Å². The Morgan fingerprint density at radius 2 is 1.29 bits per heavy atom. The summed E-state index contributed by atoms with van der Waals surface area (Å²) >= 11 is 0. The molecule has 1 rings (SSSR count). The Bertz CT molecular complexity index is 476. The molecule has 0 heterocycles. The summed E-state index contributed by atoms with van der Waals surface area (Å²) in [4.78, 5) is 0. The van der Waals surface area contributed by atoms with Gasteiger partial charge in [0, 0.05) is 5.56 Å². The van der Waals surface area contributed by atoms with Gasteiger partial charge in [-0.1, -0.05) is 38.1 Å². The zero-order valence-corrected chi connectivity index (χ0v) is 11.1. The molecule has 8 heteroatoms. The normalized spacial score (nSPS) is 15.4. The number of hydrogen-bond donors (Lipinski definition) is 1. The molecule has 0 saturated heterocycles. The fourth-order valence-electron chi connectivity index (χ4n) is 1.63. The lowest BCUT2D eigenvalue weighted by Gasteiger charge is -2.28. The van der Waals surface area contributed by atoms with Crippen LogP contribution in [0.1, 0.15) is 31.1 Å². The highest BCUT2D eigenvalue weighted by molar-refractivity contribution is 5.29. The summed E-state index contributed by atoms with van der Waals surface area (Å²) in [5, 5.41) is 9.66. The maximum Gasteiger partial charge on any atom is 0.460 e. The first-order valence-electron chi connectivity index (χ1n) is 5.93. The van der Waals surface area contributed by atoms with Gasteiger partial charge in [-0.2, -0.15) is 30.7 Å². The Morgan fingerprint density at radius 1 is 0.857 bits per heavy atom. The van der Waals surface area contributed by atoms with Crippen molar-refractivity contribution in [2.24, 2.45) is 5.92 Å². The highest BCUT2D eigenvalue weighted by Crippen LogP contribution is 2.51. The van der Waals surface area contributed by atoms with E-state index in [-0.39, 0.29) is 11.5 Å². The van der Waals surface area contributed by atoms with E-state index in [1.807, 2.05) is 0 Å². The summed E-state index contributed by atoms with van der Waals surface area (Å²) < 4.78 is 88.7. The second kappa shape index (κ2) is 5.47. The van der Waals surface area contributed by atoms with Crippen molar-refractivity contribution in [3.05, 3.63) is 35.4 Å². The van der Waals surface area contributed by atoms with Gasteiger partial charge in [0.2, 0.25) is 0 Å². The van der Waals surface area contributed by atoms with Crippen LogP contribution in [0.2, 0.25) is 0 Å². The lowest BCUT2D eigenvalue weighted by Crippen LogP contribution is -2.50. The van der Waals surface area contributed by atoms with Crippen LogP contribution < -0.4 is 0 Å². The molecule has 120 valence electrons. The Labute approximate surface area is 116 Å². The van der Waals surface area contributed by atoms with Crippen LogP contribution in [0.15, 0.2) is 24.3 Å². The molecule has 0 fully saturated rings. The third-order valence-corrected chi connectivity index (χ3v) is 3.00. The summed E-state index contributed by atoms with van der Waals surface area (Å²) in [5.41, 5.74) is -1.32. The zero-order valence-electron chi connectivity index (χ0n) is 11.1. The largest absolute Gasteiger partial charge is 0.460 e. The molecular weight excluding hydrogens is 305 g/mol. The summed E-state index contributed by atoms with van der Waals surface area (Å²) in [6.45, 7) is 3.26. The van der Waals surface area contributed by atoms with Crippen LogP contribution >= 0.6 is 0 Å². The van der Waals surface area contributed by atoms with Gasteiger partial charge in [-0.3, -0.25) is 0 Å². The second-order valence-corrected chi connectivity index (χ2v) is 4.96. The minimum absolute atomic E-state index is 0.153. The highest BCUT2D eigenvalue weighted by atomic mass is 19.4. The van der Waals surface area contributed by atoms with Crippen molar-refractivity contribution in [3.63, 3.8) is 0 Å². The lowest BCUT2D eigenvalue weighted by atomic mass is 9.95. The van der Waals surface area contributed by atoms with Crippen molar-refractivity contribution in [1.82, 2.24) is 0 Å². The summed E-state index contributed by atoms with van der Waals surface area (Å²) in [7, 11) is 0. The van der Waals surface area contributed by atoms with Crippen LogP contribution in [0.4, 0.5) is 30.7 Å². The number of rotatable bonds is 4. The van der Waals surface area contributed by atoms with Gasteiger partial charge in [0.05, 0.1) is 6.10 Å². The first-order valence-corrected chi connectivity index (χ1v) is 5.93. The standard InChI is InChI=1S/C13H13F7O/c1-7(2)10(21)8-3-5-9(6-4-8)11(14,15)12(16,17)13(18,19)20/h3-7,10,21H,1-2H3. The fourth-order valence-corrected chi connectivity index (χ4v) is 1.63. The van der Waals surface area contributed by atoms with Crippen molar-refractivity contribution < 1.29 is 35.8 Å². The van der Waals surface area contributed by atoms with E-state index in [1.54, 1.807) is 13.8 Å². The summed E-state index contributed by atoms with van der Waals surface area (Å²) in [6.07, 6.45) is -7.40. The monoisotopic (exact) mass is 318 g/mol. The number of halogens is 7. The number of hydrogen-bond acceptors (Lipinski definition) is 1. The van der Waals surface area contributed by atoms with Gasteiger partial charge in [-0.25, -0.2) is 0 Å². The lowest BCUT2D eigenvalue weighted by molar-refractivity contribution is -0.359. The van der Waals surface area contributed by atoms with Crippen molar-refractivity contribution in [1.29, 1.82) is 0 Å². The molecule has 1 nitrogen and oxygen atoms in total. The number of alkyl halides is 7. The predicted octanol–water partition coefficient (Wildman–Crippen LogP) is 4.67. The molecule has 1 aromatic rings. The van der Waals surface area contributed by atoms with Crippen LogP contribution in [0.25, 0.3) is 0 Å². The molecular formula is C13H13F7O. The third-order valence-electron chi connectivity index (χ3n) is 3.00. The zero-order chi connectivity index (χ0) is 16.6. The molecule has 1 N–H and O–H groups in total. The topological polar surface area (TPSA) is 20.2 Å². The van der Waals surface area contributed by atoms with E-state index < -0.39 is 29.7 Å². The average Bonchev–Trinajstić information content (AvgIpc) is 2.36. The van der Waals surface area contributed by atoms with Crippen LogP contribution in [0.5, 0.6) is 0 Å². The van der Waals surface area contributed by atoms with Crippen molar-refractivity contribution in [2.45, 2.75) is 38.0 Å². The van der Waals surface area contributed by atoms with Gasteiger partial charge in [0.1, 0.15) is 0 Å². The van der Waals surface area contributed by atoms with E-state index in [0.717, 1.165) is 12.1 Å². The molecule has 21 heavy (non-hydrogen) atoms. The van der Waals surface area contributed by atoms with Crippen molar-refractivity contribution >= 4 is 0 Å². The number of benzene rings is 1. The summed E-state index contributed by atoms with van der Waals surface area (Å²) in [5.74, 6) is -11.8. The van der Waals surface area contributed by atoms with Crippen LogP contribution in [-0.4, -0.2) is 17.2 Å². The second-order valence-electron chi connectivity index (χ2n) is 4.96. The SMILES string of the molecule is CC(C)C(O)c1ccc(C(F)(F)C(F)(F)C(F)(F)F)cc1. The van der Waals surface area contributed by atoms with Crippen molar-refractivity contribution in [3.8, 4) is 0 Å². The Morgan fingerprint density at radius 3 is 1.62 bits per heavy atom. The van der Waals surface area contributed by atoms with E-state index >= 15 is 0 Å². The first-order chi connectivity index (χ1) is 9.32. The molecule has 0 saturated carbocycles. The van der Waals surface area contributed by atoms with E-state index in [0.29, 0.717) is 12.1 Å².